The zero-order valence-electron chi connectivity index (χ0n) is 9.73. The van der Waals surface area contributed by atoms with Crippen molar-refractivity contribution < 1.29 is 19.1 Å². The fourth-order valence-electron chi connectivity index (χ4n) is 2.18. The molecular weight excluding hydrogens is 232 g/mol. The summed E-state index contributed by atoms with van der Waals surface area (Å²) >= 11 is 6.12. The maximum absolute atomic E-state index is 11.6. The van der Waals surface area contributed by atoms with Crippen LogP contribution in [0.25, 0.3) is 0 Å². The van der Waals surface area contributed by atoms with Crippen LogP contribution in [-0.4, -0.2) is 31.5 Å². The number of halogens is 1. The first-order valence-corrected chi connectivity index (χ1v) is 5.74. The van der Waals surface area contributed by atoms with E-state index in [-0.39, 0.29) is 23.2 Å². The third-order valence-electron chi connectivity index (χ3n) is 3.22. The first kappa shape index (κ1) is 13.3. The SMILES string of the molecule is COC(=O)[C@H]1C[C@@H](Cl)[C@H](C)C[C@H]1C(=O)OC. The van der Waals surface area contributed by atoms with Gasteiger partial charge in [0.1, 0.15) is 0 Å². The summed E-state index contributed by atoms with van der Waals surface area (Å²) in [6, 6.07) is 0. The van der Waals surface area contributed by atoms with Crippen LogP contribution in [-0.2, 0) is 19.1 Å². The molecule has 0 aliphatic heterocycles. The molecule has 1 aliphatic rings. The highest BCUT2D eigenvalue weighted by molar-refractivity contribution is 6.21. The zero-order chi connectivity index (χ0) is 12.3. The van der Waals surface area contributed by atoms with E-state index in [1.807, 2.05) is 6.92 Å². The molecule has 1 fully saturated rings. The Balaban J connectivity index is 2.83. The molecule has 0 aromatic heterocycles. The van der Waals surface area contributed by atoms with Crippen molar-refractivity contribution in [3.05, 3.63) is 0 Å². The topological polar surface area (TPSA) is 52.6 Å². The van der Waals surface area contributed by atoms with Gasteiger partial charge < -0.3 is 9.47 Å². The molecule has 1 saturated carbocycles. The van der Waals surface area contributed by atoms with E-state index in [0.29, 0.717) is 12.8 Å². The Hall–Kier alpha value is -0.770. The van der Waals surface area contributed by atoms with Gasteiger partial charge in [-0.05, 0) is 18.8 Å². The van der Waals surface area contributed by atoms with E-state index >= 15 is 0 Å². The van der Waals surface area contributed by atoms with E-state index in [1.54, 1.807) is 0 Å². The van der Waals surface area contributed by atoms with Crippen LogP contribution in [0.4, 0.5) is 0 Å². The molecule has 16 heavy (non-hydrogen) atoms. The molecule has 0 amide bonds. The lowest BCUT2D eigenvalue weighted by molar-refractivity contribution is -0.160. The van der Waals surface area contributed by atoms with Gasteiger partial charge in [-0.15, -0.1) is 11.6 Å². The van der Waals surface area contributed by atoms with Crippen molar-refractivity contribution in [3.8, 4) is 0 Å². The van der Waals surface area contributed by atoms with Crippen LogP contribution < -0.4 is 0 Å². The normalized spacial score (nSPS) is 34.2. The van der Waals surface area contributed by atoms with Crippen LogP contribution >= 0.6 is 11.6 Å². The molecule has 5 heteroatoms. The molecule has 0 heterocycles. The van der Waals surface area contributed by atoms with Gasteiger partial charge in [-0.3, -0.25) is 9.59 Å². The molecule has 0 spiro atoms. The van der Waals surface area contributed by atoms with E-state index < -0.39 is 11.8 Å². The average molecular weight is 249 g/mol. The minimum Gasteiger partial charge on any atom is -0.469 e. The van der Waals surface area contributed by atoms with Crippen molar-refractivity contribution in [2.45, 2.75) is 25.1 Å². The summed E-state index contributed by atoms with van der Waals surface area (Å²) in [6.45, 7) is 1.97. The largest absolute Gasteiger partial charge is 0.469 e. The van der Waals surface area contributed by atoms with Crippen molar-refractivity contribution in [1.82, 2.24) is 0 Å². The Morgan fingerprint density at radius 2 is 1.50 bits per heavy atom. The van der Waals surface area contributed by atoms with Crippen LogP contribution in [0.15, 0.2) is 0 Å². The molecule has 0 bridgehead atoms. The molecule has 1 aliphatic carbocycles. The predicted octanol–water partition coefficient (Wildman–Crippen LogP) is 1.60. The smallest absolute Gasteiger partial charge is 0.309 e. The van der Waals surface area contributed by atoms with E-state index in [2.05, 4.69) is 0 Å². The van der Waals surface area contributed by atoms with Crippen molar-refractivity contribution >= 4 is 23.5 Å². The number of hydrogen-bond donors (Lipinski definition) is 0. The van der Waals surface area contributed by atoms with Crippen molar-refractivity contribution in [3.63, 3.8) is 0 Å². The highest BCUT2D eigenvalue weighted by Crippen LogP contribution is 2.38. The third kappa shape index (κ3) is 2.67. The molecule has 0 aromatic rings. The fraction of sp³-hybridized carbons (Fsp3) is 0.818. The lowest BCUT2D eigenvalue weighted by Crippen LogP contribution is -2.40. The summed E-state index contributed by atoms with van der Waals surface area (Å²) in [5.74, 6) is -1.44. The van der Waals surface area contributed by atoms with E-state index in [4.69, 9.17) is 21.1 Å². The summed E-state index contributed by atoms with van der Waals surface area (Å²) in [4.78, 5) is 23.1. The molecule has 4 atom stereocenters. The fourth-order valence-corrected chi connectivity index (χ4v) is 2.47. The minimum absolute atomic E-state index is 0.0926. The van der Waals surface area contributed by atoms with Gasteiger partial charge in [0.25, 0.3) is 0 Å². The Kier molecular flexibility index (Phi) is 4.59. The quantitative estimate of drug-likeness (QED) is 0.550. The van der Waals surface area contributed by atoms with Crippen molar-refractivity contribution in [2.75, 3.05) is 14.2 Å². The third-order valence-corrected chi connectivity index (χ3v) is 3.82. The van der Waals surface area contributed by atoms with Crippen molar-refractivity contribution in [2.24, 2.45) is 17.8 Å². The summed E-state index contributed by atoms with van der Waals surface area (Å²) in [6.07, 6.45) is 1.04. The summed E-state index contributed by atoms with van der Waals surface area (Å²) < 4.78 is 9.40. The summed E-state index contributed by atoms with van der Waals surface area (Å²) in [5.41, 5.74) is 0. The lowest BCUT2D eigenvalue weighted by Gasteiger charge is -2.34. The Morgan fingerprint density at radius 1 is 1.06 bits per heavy atom. The first-order chi connectivity index (χ1) is 7.51. The number of esters is 2. The molecule has 4 nitrogen and oxygen atoms in total. The van der Waals surface area contributed by atoms with Gasteiger partial charge >= 0.3 is 11.9 Å². The van der Waals surface area contributed by atoms with Crippen LogP contribution in [0, 0.1) is 17.8 Å². The lowest BCUT2D eigenvalue weighted by atomic mass is 9.74. The van der Waals surface area contributed by atoms with Gasteiger partial charge in [0.15, 0.2) is 0 Å². The van der Waals surface area contributed by atoms with Crippen LogP contribution in [0.1, 0.15) is 19.8 Å². The Bertz CT molecular complexity index is 251. The summed E-state index contributed by atoms with van der Waals surface area (Å²) in [5, 5.41) is -0.0926. The second-order valence-electron chi connectivity index (χ2n) is 4.22. The second kappa shape index (κ2) is 5.53. The number of carbonyl (C=O) groups excluding carboxylic acids is 2. The Morgan fingerprint density at radius 3 is 1.94 bits per heavy atom. The van der Waals surface area contributed by atoms with Crippen LogP contribution in [0.5, 0.6) is 0 Å². The number of ether oxygens (including phenoxy) is 2. The maximum atomic E-state index is 11.6. The summed E-state index contributed by atoms with van der Waals surface area (Å²) in [7, 11) is 2.64. The first-order valence-electron chi connectivity index (χ1n) is 5.31. The average Bonchev–Trinajstić information content (AvgIpc) is 2.30. The van der Waals surface area contributed by atoms with Crippen LogP contribution in [0.3, 0.4) is 0 Å². The molecule has 0 saturated heterocycles. The number of alkyl halides is 1. The van der Waals surface area contributed by atoms with Gasteiger partial charge in [0, 0.05) is 5.38 Å². The molecular formula is C11H17ClO4. The maximum Gasteiger partial charge on any atom is 0.309 e. The van der Waals surface area contributed by atoms with Gasteiger partial charge in [-0.2, -0.15) is 0 Å². The highest BCUT2D eigenvalue weighted by Gasteiger charge is 2.43. The van der Waals surface area contributed by atoms with Gasteiger partial charge in [0.2, 0.25) is 0 Å². The van der Waals surface area contributed by atoms with Gasteiger partial charge in [-0.1, -0.05) is 6.92 Å². The molecule has 0 aromatic carbocycles. The number of methoxy groups -OCH3 is 2. The van der Waals surface area contributed by atoms with E-state index in [1.165, 1.54) is 14.2 Å². The van der Waals surface area contributed by atoms with Crippen molar-refractivity contribution in [1.29, 1.82) is 0 Å². The minimum atomic E-state index is -0.476. The molecule has 0 radical (unpaired) electrons. The van der Waals surface area contributed by atoms with Gasteiger partial charge in [0.05, 0.1) is 26.1 Å². The van der Waals surface area contributed by atoms with E-state index in [9.17, 15) is 9.59 Å². The zero-order valence-corrected chi connectivity index (χ0v) is 10.5. The second-order valence-corrected chi connectivity index (χ2v) is 4.78. The monoisotopic (exact) mass is 248 g/mol. The van der Waals surface area contributed by atoms with Crippen LogP contribution in [0.2, 0.25) is 0 Å². The predicted molar refractivity (Wildman–Crippen MR) is 59.1 cm³/mol. The van der Waals surface area contributed by atoms with Gasteiger partial charge in [-0.25, -0.2) is 0 Å². The number of hydrogen-bond acceptors (Lipinski definition) is 4. The molecule has 0 unspecified atom stereocenters. The standard InChI is InChI=1S/C11H17ClO4/c1-6-4-7(10(13)15-2)8(5-9(6)12)11(14)16-3/h6-9H,4-5H2,1-3H3/t6-,7-,8+,9-/m1/s1. The van der Waals surface area contributed by atoms with E-state index in [0.717, 1.165) is 0 Å². The molecule has 0 N–H and O–H groups in total. The molecule has 92 valence electrons. The number of rotatable bonds is 2. The number of carbonyl (C=O) groups is 2. The molecule has 1 rings (SSSR count). The Labute approximate surface area is 100 Å². The highest BCUT2D eigenvalue weighted by atomic mass is 35.5.